The number of hydrazine groups is 1. The van der Waals surface area contributed by atoms with E-state index >= 15 is 0 Å². The topological polar surface area (TPSA) is 50.1 Å². The summed E-state index contributed by atoms with van der Waals surface area (Å²) >= 11 is 5.21. The van der Waals surface area contributed by atoms with Gasteiger partial charge in [-0.25, -0.2) is 5.43 Å². The van der Waals surface area contributed by atoms with Gasteiger partial charge in [0, 0.05) is 5.69 Å². The first kappa shape index (κ1) is 12.8. The van der Waals surface area contributed by atoms with Crippen molar-refractivity contribution in [3.05, 3.63) is 30.3 Å². The number of thiocarbonyl (C=S) groups is 1. The van der Waals surface area contributed by atoms with Crippen LogP contribution in [0.2, 0.25) is 0 Å². The molecule has 0 radical (unpaired) electrons. The standard InChI is InChI=1S/C13H18N4S/c18-13(15-11-7-3-1-4-8-11)17-16-12-9-5-2-6-10-14-12/h1,3-4,7-8H,2,5-6,9-10H2,(H,14,16)(H2,15,17,18)/p+1. The third kappa shape index (κ3) is 4.33. The predicted octanol–water partition coefficient (Wildman–Crippen LogP) is 0.531. The largest absolute Gasteiger partial charge is 0.330 e. The number of amidine groups is 1. The summed E-state index contributed by atoms with van der Waals surface area (Å²) in [6.45, 7) is 1.03. The summed E-state index contributed by atoms with van der Waals surface area (Å²) in [6, 6.07) is 9.88. The minimum absolute atomic E-state index is 0.569. The number of hydrogen-bond acceptors (Lipinski definition) is 2. The molecule has 5 heteroatoms. The lowest BCUT2D eigenvalue weighted by molar-refractivity contribution is -0.460. The van der Waals surface area contributed by atoms with Crippen molar-refractivity contribution in [3.8, 4) is 0 Å². The highest BCUT2D eigenvalue weighted by molar-refractivity contribution is 7.80. The first-order chi connectivity index (χ1) is 8.84. The number of benzene rings is 1. The first-order valence-corrected chi connectivity index (χ1v) is 6.73. The van der Waals surface area contributed by atoms with Gasteiger partial charge in [0.15, 0.2) is 0 Å². The molecule has 0 aliphatic carbocycles. The van der Waals surface area contributed by atoms with Crippen LogP contribution in [0, 0.1) is 0 Å². The van der Waals surface area contributed by atoms with Crippen molar-refractivity contribution >= 4 is 28.9 Å². The molecule has 18 heavy (non-hydrogen) atoms. The van der Waals surface area contributed by atoms with Crippen LogP contribution in [-0.4, -0.2) is 17.5 Å². The predicted molar refractivity (Wildman–Crippen MR) is 78.2 cm³/mol. The second kappa shape index (κ2) is 6.96. The van der Waals surface area contributed by atoms with Gasteiger partial charge in [-0.15, -0.1) is 0 Å². The normalized spacial score (nSPS) is 15.2. The van der Waals surface area contributed by atoms with Crippen molar-refractivity contribution in [1.29, 1.82) is 0 Å². The Kier molecular flexibility index (Phi) is 4.96. The zero-order chi connectivity index (χ0) is 12.6. The molecule has 0 amide bonds. The molecule has 0 atom stereocenters. The SMILES string of the molecule is S=C(NNC1=[NH+]CCCCC1)Nc1ccccc1. The number of anilines is 1. The van der Waals surface area contributed by atoms with Crippen LogP contribution in [0.1, 0.15) is 25.7 Å². The van der Waals surface area contributed by atoms with Gasteiger partial charge in [-0.2, -0.15) is 5.43 Å². The Labute approximate surface area is 113 Å². The maximum atomic E-state index is 5.21. The van der Waals surface area contributed by atoms with Gasteiger partial charge in [0.1, 0.15) is 0 Å². The fourth-order valence-corrected chi connectivity index (χ4v) is 2.02. The zero-order valence-corrected chi connectivity index (χ0v) is 11.1. The Hall–Kier alpha value is -1.62. The van der Waals surface area contributed by atoms with Crippen molar-refractivity contribution in [2.24, 2.45) is 0 Å². The van der Waals surface area contributed by atoms with E-state index in [-0.39, 0.29) is 0 Å². The Morgan fingerprint density at radius 2 is 1.94 bits per heavy atom. The molecule has 1 heterocycles. The van der Waals surface area contributed by atoms with Crippen molar-refractivity contribution in [2.45, 2.75) is 25.7 Å². The van der Waals surface area contributed by atoms with Gasteiger partial charge in [0.2, 0.25) is 5.11 Å². The summed E-state index contributed by atoms with van der Waals surface area (Å²) in [5.41, 5.74) is 7.11. The Morgan fingerprint density at radius 1 is 1.11 bits per heavy atom. The van der Waals surface area contributed by atoms with E-state index in [1.165, 1.54) is 19.3 Å². The lowest BCUT2D eigenvalue weighted by Gasteiger charge is -2.08. The quantitative estimate of drug-likeness (QED) is 0.441. The molecule has 2 rings (SSSR count). The molecule has 1 aromatic carbocycles. The molecule has 0 fully saturated rings. The van der Waals surface area contributed by atoms with Gasteiger partial charge in [0.25, 0.3) is 5.84 Å². The molecule has 0 spiro atoms. The molecule has 1 aliphatic rings. The Balaban J connectivity index is 1.76. The summed E-state index contributed by atoms with van der Waals surface area (Å²) in [4.78, 5) is 3.36. The lowest BCUT2D eigenvalue weighted by Crippen LogP contribution is -2.77. The maximum absolute atomic E-state index is 5.21. The van der Waals surface area contributed by atoms with E-state index in [2.05, 4.69) is 21.2 Å². The summed E-state index contributed by atoms with van der Waals surface area (Å²) in [6.07, 6.45) is 4.78. The van der Waals surface area contributed by atoms with Crippen LogP contribution in [0.25, 0.3) is 0 Å². The van der Waals surface area contributed by atoms with Crippen molar-refractivity contribution in [1.82, 2.24) is 10.9 Å². The van der Waals surface area contributed by atoms with E-state index < -0.39 is 0 Å². The molecular weight excluding hydrogens is 244 g/mol. The molecular formula is C13H19N4S+. The third-order valence-electron chi connectivity index (χ3n) is 2.80. The average Bonchev–Trinajstić information content (AvgIpc) is 2.66. The van der Waals surface area contributed by atoms with E-state index in [9.17, 15) is 0 Å². The number of nitrogens with one attached hydrogen (secondary N) is 4. The van der Waals surface area contributed by atoms with E-state index in [1.807, 2.05) is 30.3 Å². The van der Waals surface area contributed by atoms with Gasteiger partial charge in [0.05, 0.1) is 13.0 Å². The highest BCUT2D eigenvalue weighted by Gasteiger charge is 2.09. The van der Waals surface area contributed by atoms with Crippen LogP contribution in [0.15, 0.2) is 30.3 Å². The van der Waals surface area contributed by atoms with Crippen molar-refractivity contribution in [3.63, 3.8) is 0 Å². The summed E-state index contributed by atoms with van der Waals surface area (Å²) in [5, 5.41) is 3.68. The van der Waals surface area contributed by atoms with E-state index in [0.29, 0.717) is 5.11 Å². The molecule has 1 aliphatic heterocycles. The molecule has 96 valence electrons. The number of hydrogen-bond donors (Lipinski definition) is 4. The van der Waals surface area contributed by atoms with Crippen LogP contribution in [0.3, 0.4) is 0 Å². The van der Waals surface area contributed by atoms with Gasteiger partial charge in [-0.05, 0) is 43.6 Å². The number of para-hydroxylation sites is 1. The van der Waals surface area contributed by atoms with E-state index in [4.69, 9.17) is 12.2 Å². The molecule has 0 bridgehead atoms. The highest BCUT2D eigenvalue weighted by Crippen LogP contribution is 2.04. The highest BCUT2D eigenvalue weighted by atomic mass is 32.1. The summed E-state index contributed by atoms with van der Waals surface area (Å²) in [7, 11) is 0. The maximum Gasteiger partial charge on any atom is 0.265 e. The molecule has 1 aromatic rings. The van der Waals surface area contributed by atoms with Gasteiger partial charge in [-0.3, -0.25) is 4.99 Å². The molecule has 0 unspecified atom stereocenters. The monoisotopic (exact) mass is 263 g/mol. The zero-order valence-electron chi connectivity index (χ0n) is 10.3. The fourth-order valence-electron chi connectivity index (χ4n) is 1.85. The molecule has 0 saturated heterocycles. The second-order valence-corrected chi connectivity index (χ2v) is 4.69. The van der Waals surface area contributed by atoms with Gasteiger partial charge in [-0.1, -0.05) is 18.2 Å². The van der Waals surface area contributed by atoms with Crippen LogP contribution in [0.4, 0.5) is 5.69 Å². The second-order valence-electron chi connectivity index (χ2n) is 4.29. The van der Waals surface area contributed by atoms with E-state index in [0.717, 1.165) is 24.5 Å². The van der Waals surface area contributed by atoms with Crippen LogP contribution < -0.4 is 21.2 Å². The molecule has 4 N–H and O–H groups in total. The first-order valence-electron chi connectivity index (χ1n) is 6.32. The van der Waals surface area contributed by atoms with Crippen LogP contribution in [-0.2, 0) is 0 Å². The third-order valence-corrected chi connectivity index (χ3v) is 3.00. The van der Waals surface area contributed by atoms with Crippen LogP contribution >= 0.6 is 12.2 Å². The van der Waals surface area contributed by atoms with E-state index in [1.54, 1.807) is 0 Å². The Morgan fingerprint density at radius 3 is 2.78 bits per heavy atom. The Bertz CT molecular complexity index is 416. The fraction of sp³-hybridized carbons (Fsp3) is 0.385. The van der Waals surface area contributed by atoms with Gasteiger partial charge < -0.3 is 5.32 Å². The molecule has 0 aromatic heterocycles. The van der Waals surface area contributed by atoms with Gasteiger partial charge >= 0.3 is 0 Å². The van der Waals surface area contributed by atoms with Crippen molar-refractivity contribution < 1.29 is 4.99 Å². The van der Waals surface area contributed by atoms with Crippen LogP contribution in [0.5, 0.6) is 0 Å². The molecule has 4 nitrogen and oxygen atoms in total. The minimum Gasteiger partial charge on any atom is -0.330 e. The summed E-state index contributed by atoms with van der Waals surface area (Å²) in [5.74, 6) is 1.12. The minimum atomic E-state index is 0.569. The molecule has 0 saturated carbocycles. The summed E-state index contributed by atoms with van der Waals surface area (Å²) < 4.78 is 0. The van der Waals surface area contributed by atoms with Crippen molar-refractivity contribution in [2.75, 3.05) is 11.9 Å². The average molecular weight is 263 g/mol. The number of rotatable bonds is 1. The smallest absolute Gasteiger partial charge is 0.265 e. The lowest BCUT2D eigenvalue weighted by atomic mass is 10.2.